The number of rotatable bonds is 63. The summed E-state index contributed by atoms with van der Waals surface area (Å²) in [5.74, 6) is -0.867. The molecule has 0 aliphatic rings. The molecule has 78 heavy (non-hydrogen) atoms. The minimum atomic E-state index is -0.781. The van der Waals surface area contributed by atoms with Gasteiger partial charge < -0.3 is 14.2 Å². The highest BCUT2D eigenvalue weighted by Crippen LogP contribution is 2.17. The van der Waals surface area contributed by atoms with E-state index in [0.717, 1.165) is 77.0 Å². The summed E-state index contributed by atoms with van der Waals surface area (Å²) >= 11 is 0. The van der Waals surface area contributed by atoms with Crippen LogP contribution in [0.4, 0.5) is 0 Å². The molecule has 0 aliphatic heterocycles. The van der Waals surface area contributed by atoms with Gasteiger partial charge in [-0.2, -0.15) is 0 Å². The summed E-state index contributed by atoms with van der Waals surface area (Å²) in [6.07, 6.45) is 85.1. The van der Waals surface area contributed by atoms with Crippen molar-refractivity contribution in [2.45, 2.75) is 367 Å². The van der Waals surface area contributed by atoms with Crippen LogP contribution in [0, 0.1) is 0 Å². The summed E-state index contributed by atoms with van der Waals surface area (Å²) in [6, 6.07) is 0. The maximum Gasteiger partial charge on any atom is 0.306 e. The van der Waals surface area contributed by atoms with Gasteiger partial charge in [0.15, 0.2) is 6.10 Å². The van der Waals surface area contributed by atoms with Crippen LogP contribution in [0.15, 0.2) is 60.8 Å². The van der Waals surface area contributed by atoms with Crippen molar-refractivity contribution in [3.63, 3.8) is 0 Å². The first-order chi connectivity index (χ1) is 38.5. The second kappa shape index (κ2) is 66.6. The molecule has 0 saturated carbocycles. The summed E-state index contributed by atoms with van der Waals surface area (Å²) in [5.41, 5.74) is 0. The first-order valence-electron chi connectivity index (χ1n) is 34.3. The van der Waals surface area contributed by atoms with Crippen molar-refractivity contribution in [3.05, 3.63) is 60.8 Å². The summed E-state index contributed by atoms with van der Waals surface area (Å²) < 4.78 is 17.0. The number of esters is 3. The van der Waals surface area contributed by atoms with Crippen LogP contribution in [-0.4, -0.2) is 37.2 Å². The SMILES string of the molecule is CCCCCC/C=C\C/C=C\CCCCCCCCCC(=O)OCC(COC(=O)CCCCCCCCCCCCC/C=C\C/C=C\CCCCCCC)OC(=O)CCCCCCCCCCC/C=C\CCCCCCCC. The van der Waals surface area contributed by atoms with Crippen LogP contribution in [0.2, 0.25) is 0 Å². The maximum atomic E-state index is 12.9. The van der Waals surface area contributed by atoms with Gasteiger partial charge in [-0.1, -0.05) is 293 Å². The molecule has 454 valence electrons. The van der Waals surface area contributed by atoms with Gasteiger partial charge in [0.05, 0.1) is 0 Å². The minimum absolute atomic E-state index is 0.0764. The number of allylic oxidation sites excluding steroid dienone is 10. The zero-order valence-corrected chi connectivity index (χ0v) is 52.2. The summed E-state index contributed by atoms with van der Waals surface area (Å²) in [4.78, 5) is 38.4. The van der Waals surface area contributed by atoms with Crippen molar-refractivity contribution in [2.75, 3.05) is 13.2 Å². The molecule has 0 bridgehead atoms. The van der Waals surface area contributed by atoms with Crippen LogP contribution in [0.25, 0.3) is 0 Å². The summed E-state index contributed by atoms with van der Waals surface area (Å²) in [6.45, 7) is 6.65. The lowest BCUT2D eigenvalue weighted by molar-refractivity contribution is -0.167. The van der Waals surface area contributed by atoms with Gasteiger partial charge in [0.25, 0.3) is 0 Å². The Hall–Kier alpha value is -2.89. The molecule has 0 spiro atoms. The normalized spacial score (nSPS) is 12.4. The second-order valence-electron chi connectivity index (χ2n) is 23.1. The van der Waals surface area contributed by atoms with Crippen LogP contribution in [-0.2, 0) is 28.6 Å². The van der Waals surface area contributed by atoms with Gasteiger partial charge in [0, 0.05) is 19.3 Å². The van der Waals surface area contributed by atoms with Crippen LogP contribution < -0.4 is 0 Å². The maximum absolute atomic E-state index is 12.9. The smallest absolute Gasteiger partial charge is 0.306 e. The Morgan fingerprint density at radius 1 is 0.256 bits per heavy atom. The molecule has 0 aromatic rings. The molecule has 0 fully saturated rings. The molecule has 0 amide bonds. The van der Waals surface area contributed by atoms with Gasteiger partial charge in [-0.05, 0) is 109 Å². The van der Waals surface area contributed by atoms with Crippen molar-refractivity contribution < 1.29 is 28.6 Å². The first-order valence-corrected chi connectivity index (χ1v) is 34.3. The number of hydrogen-bond acceptors (Lipinski definition) is 6. The molecule has 0 heterocycles. The number of hydrogen-bond donors (Lipinski definition) is 0. The molecule has 0 saturated heterocycles. The van der Waals surface area contributed by atoms with Gasteiger partial charge in [-0.3, -0.25) is 14.4 Å². The van der Waals surface area contributed by atoms with E-state index < -0.39 is 6.10 Å². The van der Waals surface area contributed by atoms with Crippen LogP contribution in [0.3, 0.4) is 0 Å². The zero-order valence-electron chi connectivity index (χ0n) is 52.2. The average Bonchev–Trinajstić information content (AvgIpc) is 3.44. The molecule has 0 aromatic heterocycles. The number of carbonyl (C=O) groups excluding carboxylic acids is 3. The largest absolute Gasteiger partial charge is 0.462 e. The van der Waals surface area contributed by atoms with Gasteiger partial charge in [0.2, 0.25) is 0 Å². The van der Waals surface area contributed by atoms with Gasteiger partial charge in [0.1, 0.15) is 13.2 Å². The lowest BCUT2D eigenvalue weighted by Gasteiger charge is -2.18. The molecule has 0 N–H and O–H groups in total. The van der Waals surface area contributed by atoms with Gasteiger partial charge in [-0.15, -0.1) is 0 Å². The second-order valence-corrected chi connectivity index (χ2v) is 23.1. The fourth-order valence-corrected chi connectivity index (χ4v) is 10.0. The third-order valence-corrected chi connectivity index (χ3v) is 15.2. The molecule has 1 atom stereocenters. The Balaban J connectivity index is 4.35. The lowest BCUT2D eigenvalue weighted by Crippen LogP contribution is -2.30. The van der Waals surface area contributed by atoms with Crippen molar-refractivity contribution in [2.24, 2.45) is 0 Å². The van der Waals surface area contributed by atoms with Crippen molar-refractivity contribution in [3.8, 4) is 0 Å². The van der Waals surface area contributed by atoms with E-state index in [2.05, 4.69) is 81.5 Å². The third-order valence-electron chi connectivity index (χ3n) is 15.2. The van der Waals surface area contributed by atoms with E-state index in [1.165, 1.54) is 244 Å². The van der Waals surface area contributed by atoms with Crippen molar-refractivity contribution >= 4 is 17.9 Å². The van der Waals surface area contributed by atoms with E-state index in [1.807, 2.05) is 0 Å². The quantitative estimate of drug-likeness (QED) is 0.0261. The minimum Gasteiger partial charge on any atom is -0.462 e. The van der Waals surface area contributed by atoms with E-state index in [4.69, 9.17) is 14.2 Å². The monoisotopic (exact) mass is 1090 g/mol. The molecule has 0 aromatic carbocycles. The highest BCUT2D eigenvalue weighted by molar-refractivity contribution is 5.71. The third kappa shape index (κ3) is 63.9. The number of ether oxygens (including phenoxy) is 3. The average molecular weight is 1090 g/mol. The van der Waals surface area contributed by atoms with Crippen molar-refractivity contribution in [1.29, 1.82) is 0 Å². The van der Waals surface area contributed by atoms with E-state index >= 15 is 0 Å². The molecule has 0 rings (SSSR count). The zero-order chi connectivity index (χ0) is 56.4. The number of carbonyl (C=O) groups is 3. The molecule has 1 unspecified atom stereocenters. The molecule has 6 heteroatoms. The first kappa shape index (κ1) is 75.1. The standard InChI is InChI=1S/C72H130O6/c1-4-7-10-13-16-19-22-25-28-31-34-35-36-37-39-41-44-47-50-53-56-59-62-65-71(74)77-68-69(67-76-70(73)64-61-58-55-52-49-46-43-40-33-30-27-24-21-18-15-12-9-6-3)78-72(75)66-63-60-57-54-51-48-45-42-38-32-29-26-23-20-17-14-11-8-5-2/h21-22,24-26,29-31,33-34,69H,4-20,23,27-28,32,35-68H2,1-3H3/b24-21-,25-22-,29-26-,33-30-,34-31-. The van der Waals surface area contributed by atoms with Gasteiger partial charge >= 0.3 is 17.9 Å². The van der Waals surface area contributed by atoms with E-state index in [1.54, 1.807) is 0 Å². The highest BCUT2D eigenvalue weighted by Gasteiger charge is 2.19. The van der Waals surface area contributed by atoms with E-state index in [0.29, 0.717) is 19.3 Å². The Morgan fingerprint density at radius 3 is 0.731 bits per heavy atom. The molecular formula is C72H130O6. The van der Waals surface area contributed by atoms with Crippen LogP contribution in [0.5, 0.6) is 0 Å². The Labute approximate surface area is 485 Å². The fourth-order valence-electron chi connectivity index (χ4n) is 10.0. The van der Waals surface area contributed by atoms with Gasteiger partial charge in [-0.25, -0.2) is 0 Å². The predicted molar refractivity (Wildman–Crippen MR) is 339 cm³/mol. The van der Waals surface area contributed by atoms with E-state index in [9.17, 15) is 14.4 Å². The molecule has 6 nitrogen and oxygen atoms in total. The Morgan fingerprint density at radius 2 is 0.462 bits per heavy atom. The van der Waals surface area contributed by atoms with Crippen LogP contribution in [0.1, 0.15) is 361 Å². The topological polar surface area (TPSA) is 78.9 Å². The molecule has 0 radical (unpaired) electrons. The molecule has 0 aliphatic carbocycles. The summed E-state index contributed by atoms with van der Waals surface area (Å²) in [7, 11) is 0. The van der Waals surface area contributed by atoms with Crippen LogP contribution >= 0.6 is 0 Å². The lowest BCUT2D eigenvalue weighted by atomic mass is 10.0. The van der Waals surface area contributed by atoms with E-state index in [-0.39, 0.29) is 31.1 Å². The summed E-state index contributed by atoms with van der Waals surface area (Å²) in [5, 5.41) is 0. The fraction of sp³-hybridized carbons (Fsp3) is 0.819. The predicted octanol–water partition coefficient (Wildman–Crippen LogP) is 23.5. The highest BCUT2D eigenvalue weighted by atomic mass is 16.6. The Bertz CT molecular complexity index is 1390. The van der Waals surface area contributed by atoms with Crippen molar-refractivity contribution in [1.82, 2.24) is 0 Å². The Kier molecular flexibility index (Phi) is 64.2. The molecular weight excluding hydrogens is 961 g/mol. The number of unbranched alkanes of at least 4 members (excludes halogenated alkanes) is 42.